The molecule has 0 saturated carbocycles. The van der Waals surface area contributed by atoms with E-state index < -0.39 is 23.4 Å². The Kier molecular flexibility index (Phi) is 4.67. The van der Waals surface area contributed by atoms with E-state index in [9.17, 15) is 13.8 Å². The maximum atomic E-state index is 10.4. The summed E-state index contributed by atoms with van der Waals surface area (Å²) in [5, 5.41) is 0. The van der Waals surface area contributed by atoms with Gasteiger partial charge in [0, 0.05) is 0 Å². The lowest BCUT2D eigenvalue weighted by atomic mass is 11.2. The van der Waals surface area contributed by atoms with Crippen LogP contribution in [0.1, 0.15) is 0 Å². The highest BCUT2D eigenvalue weighted by atomic mass is 32.2. The Labute approximate surface area is 69.1 Å². The molecule has 12 heavy (non-hydrogen) atoms. The Hall–Kier alpha value is -1.39. The zero-order valence-electron chi connectivity index (χ0n) is 5.60. The Bertz CT molecular complexity index is 186. The summed E-state index contributed by atoms with van der Waals surface area (Å²) in [6.45, 7) is 0. The Balaban J connectivity index is 3.47. The summed E-state index contributed by atoms with van der Waals surface area (Å²) in [6.07, 6.45) is 0. The standard InChI is InChI=1S/C2H6N4O5S/c3-1(7)5-10-12(9)11-6-2(4)8/h(H3,3,5,7)(H3,4,6,8). The van der Waals surface area contributed by atoms with Crippen molar-refractivity contribution in [1.29, 1.82) is 0 Å². The van der Waals surface area contributed by atoms with Crippen molar-refractivity contribution in [2.24, 2.45) is 11.5 Å². The largest absolute Gasteiger partial charge is 0.350 e. The molecule has 0 aliphatic carbocycles. The van der Waals surface area contributed by atoms with Crippen molar-refractivity contribution in [1.82, 2.24) is 11.0 Å². The van der Waals surface area contributed by atoms with E-state index >= 15 is 0 Å². The van der Waals surface area contributed by atoms with E-state index in [2.05, 4.69) is 20.0 Å². The molecule has 4 amide bonds. The van der Waals surface area contributed by atoms with E-state index in [0.29, 0.717) is 0 Å². The first-order chi connectivity index (χ1) is 5.52. The van der Waals surface area contributed by atoms with Gasteiger partial charge in [-0.1, -0.05) is 0 Å². The van der Waals surface area contributed by atoms with Gasteiger partial charge in [-0.25, -0.2) is 9.59 Å². The minimum Gasteiger partial charge on any atom is -0.350 e. The van der Waals surface area contributed by atoms with Gasteiger partial charge < -0.3 is 11.5 Å². The van der Waals surface area contributed by atoms with Crippen LogP contribution in [0.4, 0.5) is 9.59 Å². The predicted octanol–water partition coefficient (Wildman–Crippen LogP) is -2.24. The van der Waals surface area contributed by atoms with Gasteiger partial charge >= 0.3 is 23.4 Å². The maximum Gasteiger partial charge on any atom is 0.350 e. The molecule has 10 heteroatoms. The highest BCUT2D eigenvalue weighted by Crippen LogP contribution is 1.79. The van der Waals surface area contributed by atoms with E-state index in [0.717, 1.165) is 0 Å². The lowest BCUT2D eigenvalue weighted by molar-refractivity contribution is 0.147. The molecular weight excluding hydrogens is 192 g/mol. The Morgan fingerprint density at radius 1 is 1.08 bits per heavy atom. The number of amides is 4. The number of hydroxylamine groups is 2. The Morgan fingerprint density at radius 3 is 1.67 bits per heavy atom. The molecule has 0 aliphatic heterocycles. The first-order valence-corrected chi connectivity index (χ1v) is 3.39. The van der Waals surface area contributed by atoms with Crippen molar-refractivity contribution < 1.29 is 22.4 Å². The van der Waals surface area contributed by atoms with Crippen LogP contribution in [-0.2, 0) is 19.9 Å². The lowest BCUT2D eigenvalue weighted by Gasteiger charge is -2.00. The van der Waals surface area contributed by atoms with Gasteiger partial charge in [-0.05, 0) is 0 Å². The van der Waals surface area contributed by atoms with Crippen molar-refractivity contribution in [2.45, 2.75) is 0 Å². The molecule has 0 bridgehead atoms. The van der Waals surface area contributed by atoms with Crippen LogP contribution in [0.25, 0.3) is 0 Å². The summed E-state index contributed by atoms with van der Waals surface area (Å²) >= 11 is -2.39. The van der Waals surface area contributed by atoms with Crippen LogP contribution in [0.3, 0.4) is 0 Å². The molecule has 0 aromatic heterocycles. The maximum absolute atomic E-state index is 10.4. The molecule has 6 N–H and O–H groups in total. The molecule has 0 heterocycles. The van der Waals surface area contributed by atoms with Crippen LogP contribution >= 0.6 is 0 Å². The van der Waals surface area contributed by atoms with Crippen molar-refractivity contribution >= 4 is 23.4 Å². The SMILES string of the molecule is NC(=O)NOS(=O)ONC(N)=O. The molecule has 0 atom stereocenters. The molecule has 9 nitrogen and oxygen atoms in total. The van der Waals surface area contributed by atoms with Gasteiger partial charge in [-0.2, -0.15) is 15.2 Å². The fraction of sp³-hybridized carbons (Fsp3) is 0. The summed E-state index contributed by atoms with van der Waals surface area (Å²) in [7, 11) is 0. The van der Waals surface area contributed by atoms with Crippen molar-refractivity contribution in [3.8, 4) is 0 Å². The third-order valence-electron chi connectivity index (χ3n) is 0.421. The highest BCUT2D eigenvalue weighted by molar-refractivity contribution is 7.75. The zero-order chi connectivity index (χ0) is 9.56. The van der Waals surface area contributed by atoms with E-state index in [1.807, 2.05) is 0 Å². The van der Waals surface area contributed by atoms with Gasteiger partial charge in [0.2, 0.25) is 0 Å². The second-order valence-corrected chi connectivity index (χ2v) is 2.04. The third kappa shape index (κ3) is 6.73. The van der Waals surface area contributed by atoms with Crippen LogP contribution < -0.4 is 22.4 Å². The average molecular weight is 198 g/mol. The predicted molar refractivity (Wildman–Crippen MR) is 35.8 cm³/mol. The number of carbonyl (C=O) groups excluding carboxylic acids is 2. The normalized spacial score (nSPS) is 9.42. The lowest BCUT2D eigenvalue weighted by Crippen LogP contribution is -2.34. The van der Waals surface area contributed by atoms with Crippen molar-refractivity contribution in [2.75, 3.05) is 0 Å². The average Bonchev–Trinajstić information content (AvgIpc) is 1.96. The van der Waals surface area contributed by atoms with Crippen LogP contribution in [0.5, 0.6) is 0 Å². The molecule has 70 valence electrons. The molecule has 0 fully saturated rings. The van der Waals surface area contributed by atoms with Gasteiger partial charge in [0.25, 0.3) is 0 Å². The molecule has 0 unspecified atom stereocenters. The van der Waals surface area contributed by atoms with Crippen LogP contribution in [0.2, 0.25) is 0 Å². The van der Waals surface area contributed by atoms with Crippen LogP contribution in [-0.4, -0.2) is 16.3 Å². The molecule has 0 aromatic carbocycles. The van der Waals surface area contributed by atoms with Crippen molar-refractivity contribution in [3.63, 3.8) is 0 Å². The van der Waals surface area contributed by atoms with Crippen molar-refractivity contribution in [3.05, 3.63) is 0 Å². The fourth-order valence-electron chi connectivity index (χ4n) is 0.167. The number of carbonyl (C=O) groups is 2. The smallest absolute Gasteiger partial charge is 0.350 e. The number of nitrogens with two attached hydrogens (primary N) is 2. The zero-order valence-corrected chi connectivity index (χ0v) is 6.42. The van der Waals surface area contributed by atoms with Gasteiger partial charge in [0.15, 0.2) is 0 Å². The number of hydrogen-bond donors (Lipinski definition) is 4. The fourth-order valence-corrected chi connectivity index (χ4v) is 0.502. The molecule has 0 aliphatic rings. The Morgan fingerprint density at radius 2 is 1.42 bits per heavy atom. The van der Waals surface area contributed by atoms with E-state index in [1.54, 1.807) is 0 Å². The van der Waals surface area contributed by atoms with E-state index in [-0.39, 0.29) is 0 Å². The van der Waals surface area contributed by atoms with Crippen LogP contribution in [0, 0.1) is 0 Å². The number of hydrogen-bond acceptors (Lipinski definition) is 5. The summed E-state index contributed by atoms with van der Waals surface area (Å²) in [5.74, 6) is 0. The summed E-state index contributed by atoms with van der Waals surface area (Å²) in [4.78, 5) is 19.9. The first-order valence-electron chi connectivity index (χ1n) is 2.39. The summed E-state index contributed by atoms with van der Waals surface area (Å²) < 4.78 is 18.2. The molecule has 0 aromatic rings. The topological polar surface area (TPSA) is 146 Å². The minimum absolute atomic E-state index is 1.06. The van der Waals surface area contributed by atoms with Gasteiger partial charge in [0.05, 0.1) is 0 Å². The van der Waals surface area contributed by atoms with Gasteiger partial charge in [-0.3, -0.25) is 0 Å². The van der Waals surface area contributed by atoms with Crippen LogP contribution in [0.15, 0.2) is 0 Å². The van der Waals surface area contributed by atoms with Gasteiger partial charge in [0.1, 0.15) is 0 Å². The third-order valence-corrected chi connectivity index (χ3v) is 0.859. The number of rotatable bonds is 4. The molecule has 0 rings (SSSR count). The van der Waals surface area contributed by atoms with Gasteiger partial charge in [-0.15, -0.1) is 8.57 Å². The number of urea groups is 2. The molecular formula is C2H6N4O5S. The molecule has 0 radical (unpaired) electrons. The van der Waals surface area contributed by atoms with E-state index in [1.165, 1.54) is 11.0 Å². The molecule has 0 spiro atoms. The summed E-state index contributed by atoms with van der Waals surface area (Å²) in [5.41, 5.74) is 12.0. The van der Waals surface area contributed by atoms with E-state index in [4.69, 9.17) is 0 Å². The second kappa shape index (κ2) is 5.29. The highest BCUT2D eigenvalue weighted by Gasteiger charge is 2.03. The minimum atomic E-state index is -2.39. The quantitative estimate of drug-likeness (QED) is 0.377. The number of primary amides is 2. The molecule has 0 saturated heterocycles. The monoisotopic (exact) mass is 198 g/mol. The summed E-state index contributed by atoms with van der Waals surface area (Å²) in [6, 6.07) is -2.13. The first kappa shape index (κ1) is 10.6. The number of nitrogens with one attached hydrogen (secondary N) is 2. The second-order valence-electron chi connectivity index (χ2n) is 1.30.